The molecule has 1 aromatic carbocycles. The minimum atomic E-state index is -0.00223. The molecule has 6 nitrogen and oxygen atoms in total. The number of halogens is 1. The fourth-order valence-corrected chi connectivity index (χ4v) is 4.96. The number of nitrogens with two attached hydrogens (primary N) is 1. The lowest BCUT2D eigenvalue weighted by molar-refractivity contribution is -0.139. The normalized spacial score (nSPS) is 29.4. The molecule has 7 heteroatoms. The fraction of sp³-hybridized carbons (Fsp3) is 0.600. The minimum Gasteiger partial charge on any atom is -0.497 e. The molecule has 2 N–H and O–H groups in total. The lowest BCUT2D eigenvalue weighted by atomic mass is 9.84. The molecule has 148 valence electrons. The predicted molar refractivity (Wildman–Crippen MR) is 105 cm³/mol. The van der Waals surface area contributed by atoms with Crippen LogP contribution >= 0.6 is 12.4 Å². The Morgan fingerprint density at radius 3 is 2.15 bits per heavy atom. The monoisotopic (exact) mass is 393 g/mol. The molecule has 2 bridgehead atoms. The highest BCUT2D eigenvalue weighted by molar-refractivity contribution is 5.94. The Bertz CT molecular complexity index is 686. The van der Waals surface area contributed by atoms with Gasteiger partial charge in [-0.25, -0.2) is 0 Å². The van der Waals surface area contributed by atoms with Gasteiger partial charge in [0.1, 0.15) is 5.75 Å². The molecule has 0 aromatic heterocycles. The first-order valence-corrected chi connectivity index (χ1v) is 9.56. The van der Waals surface area contributed by atoms with E-state index in [1.54, 1.807) is 31.4 Å². The maximum absolute atomic E-state index is 12.9. The molecular weight excluding hydrogens is 366 g/mol. The van der Waals surface area contributed by atoms with Crippen LogP contribution in [0.4, 0.5) is 0 Å². The van der Waals surface area contributed by atoms with Crippen LogP contribution < -0.4 is 10.5 Å². The molecule has 1 heterocycles. The molecule has 3 fully saturated rings. The Balaban J connectivity index is 0.00000210. The number of ether oxygens (including phenoxy) is 1. The second-order valence-corrected chi connectivity index (χ2v) is 7.78. The molecular formula is C20H28ClN3O3. The van der Waals surface area contributed by atoms with Crippen LogP contribution in [-0.4, -0.2) is 60.9 Å². The summed E-state index contributed by atoms with van der Waals surface area (Å²) in [6.45, 7) is 2.35. The van der Waals surface area contributed by atoms with Crippen molar-refractivity contribution < 1.29 is 14.3 Å². The van der Waals surface area contributed by atoms with Gasteiger partial charge in [0.25, 0.3) is 5.91 Å². The largest absolute Gasteiger partial charge is 0.497 e. The topological polar surface area (TPSA) is 75.9 Å². The Labute approximate surface area is 166 Å². The van der Waals surface area contributed by atoms with Crippen molar-refractivity contribution in [2.45, 2.75) is 25.3 Å². The summed E-state index contributed by atoms with van der Waals surface area (Å²) in [5.41, 5.74) is 6.98. The Kier molecular flexibility index (Phi) is 5.96. The third kappa shape index (κ3) is 3.65. The number of nitrogens with zero attached hydrogens (tertiary/aromatic N) is 2. The van der Waals surface area contributed by atoms with Gasteiger partial charge in [0.2, 0.25) is 5.91 Å². The van der Waals surface area contributed by atoms with Crippen LogP contribution in [0.2, 0.25) is 0 Å². The molecule has 2 amide bonds. The van der Waals surface area contributed by atoms with E-state index in [0.29, 0.717) is 43.6 Å². The molecule has 27 heavy (non-hydrogen) atoms. The van der Waals surface area contributed by atoms with Gasteiger partial charge in [-0.3, -0.25) is 9.59 Å². The van der Waals surface area contributed by atoms with Crippen LogP contribution in [0.5, 0.6) is 5.75 Å². The molecule has 1 aliphatic heterocycles. The highest BCUT2D eigenvalue weighted by Crippen LogP contribution is 2.48. The highest BCUT2D eigenvalue weighted by Gasteiger charge is 2.50. The van der Waals surface area contributed by atoms with E-state index >= 15 is 0 Å². The van der Waals surface area contributed by atoms with E-state index in [-0.39, 0.29) is 36.2 Å². The summed E-state index contributed by atoms with van der Waals surface area (Å²) < 4.78 is 5.13. The number of amides is 2. The molecule has 4 unspecified atom stereocenters. The van der Waals surface area contributed by atoms with Crippen LogP contribution in [0, 0.1) is 17.8 Å². The first-order chi connectivity index (χ1) is 12.6. The molecule has 4 rings (SSSR count). The Morgan fingerprint density at radius 2 is 1.59 bits per heavy atom. The quantitative estimate of drug-likeness (QED) is 0.849. The molecule has 1 saturated heterocycles. The summed E-state index contributed by atoms with van der Waals surface area (Å²) in [6, 6.07) is 7.19. The van der Waals surface area contributed by atoms with Crippen molar-refractivity contribution in [2.24, 2.45) is 23.5 Å². The van der Waals surface area contributed by atoms with E-state index in [2.05, 4.69) is 0 Å². The van der Waals surface area contributed by atoms with E-state index < -0.39 is 0 Å². The maximum Gasteiger partial charge on any atom is 0.253 e. The maximum atomic E-state index is 12.9. The number of methoxy groups -OCH3 is 1. The third-order valence-corrected chi connectivity index (χ3v) is 6.48. The minimum absolute atomic E-state index is 0. The Morgan fingerprint density at radius 1 is 1.00 bits per heavy atom. The molecule has 4 atom stereocenters. The summed E-state index contributed by atoms with van der Waals surface area (Å²) in [6.07, 6.45) is 3.44. The number of hydrogen-bond acceptors (Lipinski definition) is 4. The van der Waals surface area contributed by atoms with E-state index in [1.165, 1.54) is 6.42 Å². The third-order valence-electron chi connectivity index (χ3n) is 6.48. The van der Waals surface area contributed by atoms with E-state index in [1.807, 2.05) is 9.80 Å². The number of hydrogen-bond donors (Lipinski definition) is 1. The summed E-state index contributed by atoms with van der Waals surface area (Å²) >= 11 is 0. The first-order valence-electron chi connectivity index (χ1n) is 9.56. The summed E-state index contributed by atoms with van der Waals surface area (Å²) in [7, 11) is 1.61. The molecule has 2 saturated carbocycles. The van der Waals surface area contributed by atoms with Crippen molar-refractivity contribution in [1.29, 1.82) is 0 Å². The first kappa shape index (κ1) is 20.0. The van der Waals surface area contributed by atoms with E-state index in [9.17, 15) is 9.59 Å². The summed E-state index contributed by atoms with van der Waals surface area (Å²) in [4.78, 5) is 29.3. The fourth-order valence-electron chi connectivity index (χ4n) is 4.96. The summed E-state index contributed by atoms with van der Waals surface area (Å²) in [5.74, 6) is 1.96. The van der Waals surface area contributed by atoms with Gasteiger partial charge in [-0.05, 0) is 55.4 Å². The zero-order valence-electron chi connectivity index (χ0n) is 15.7. The van der Waals surface area contributed by atoms with Gasteiger partial charge in [0.05, 0.1) is 13.0 Å². The Hall–Kier alpha value is -1.79. The van der Waals surface area contributed by atoms with Crippen molar-refractivity contribution >= 4 is 24.2 Å². The van der Waals surface area contributed by atoms with Gasteiger partial charge in [-0.2, -0.15) is 0 Å². The van der Waals surface area contributed by atoms with Crippen LogP contribution in [0.15, 0.2) is 24.3 Å². The van der Waals surface area contributed by atoms with Gasteiger partial charge >= 0.3 is 0 Å². The molecule has 2 aliphatic carbocycles. The van der Waals surface area contributed by atoms with Gasteiger partial charge < -0.3 is 20.3 Å². The summed E-state index contributed by atoms with van der Waals surface area (Å²) in [5, 5.41) is 0. The highest BCUT2D eigenvalue weighted by atomic mass is 35.5. The van der Waals surface area contributed by atoms with Crippen LogP contribution in [0.1, 0.15) is 29.6 Å². The lowest BCUT2D eigenvalue weighted by Gasteiger charge is -2.38. The average Bonchev–Trinajstić information content (AvgIpc) is 3.28. The van der Waals surface area contributed by atoms with Gasteiger partial charge in [0, 0.05) is 37.8 Å². The molecule has 0 spiro atoms. The van der Waals surface area contributed by atoms with Crippen LogP contribution in [0.25, 0.3) is 0 Å². The number of carbonyl (C=O) groups is 2. The molecule has 0 radical (unpaired) electrons. The van der Waals surface area contributed by atoms with Crippen LogP contribution in [-0.2, 0) is 4.79 Å². The average molecular weight is 394 g/mol. The number of benzene rings is 1. The lowest BCUT2D eigenvalue weighted by Crippen LogP contribution is -2.54. The molecule has 3 aliphatic rings. The van der Waals surface area contributed by atoms with Gasteiger partial charge in [-0.15, -0.1) is 12.4 Å². The van der Waals surface area contributed by atoms with Gasteiger partial charge in [-0.1, -0.05) is 0 Å². The standard InChI is InChI=1S/C20H27N3O3.ClH/c1-26-16-6-4-13(5-7-16)19(24)22-8-10-23(11-9-22)20(25)17-14-2-3-15(12-14)18(17)21;/h4-7,14-15,17-18H,2-3,8-12,21H2,1H3;1H. The van der Waals surface area contributed by atoms with Crippen molar-refractivity contribution in [3.63, 3.8) is 0 Å². The molecule has 1 aromatic rings. The number of rotatable bonds is 3. The number of carbonyl (C=O) groups excluding carboxylic acids is 2. The van der Waals surface area contributed by atoms with Gasteiger partial charge in [0.15, 0.2) is 0 Å². The van der Waals surface area contributed by atoms with Crippen LogP contribution in [0.3, 0.4) is 0 Å². The van der Waals surface area contributed by atoms with Crippen molar-refractivity contribution in [2.75, 3.05) is 33.3 Å². The number of fused-ring (bicyclic) bond motifs is 2. The second-order valence-electron chi connectivity index (χ2n) is 7.78. The smallest absolute Gasteiger partial charge is 0.253 e. The van der Waals surface area contributed by atoms with Crippen molar-refractivity contribution in [3.8, 4) is 5.75 Å². The van der Waals surface area contributed by atoms with Crippen molar-refractivity contribution in [3.05, 3.63) is 29.8 Å². The zero-order valence-corrected chi connectivity index (χ0v) is 16.5. The predicted octanol–water partition coefficient (Wildman–Crippen LogP) is 1.77. The van der Waals surface area contributed by atoms with E-state index in [0.717, 1.165) is 18.6 Å². The second kappa shape index (κ2) is 8.07. The van der Waals surface area contributed by atoms with E-state index in [4.69, 9.17) is 10.5 Å². The SMILES string of the molecule is COc1ccc(C(=O)N2CCN(C(=O)C3C4CCC(C4)C3N)CC2)cc1.Cl. The zero-order chi connectivity index (χ0) is 18.3. The van der Waals surface area contributed by atoms with Crippen molar-refractivity contribution in [1.82, 2.24) is 9.80 Å². The number of piperazine rings is 1.